The smallest absolute Gasteiger partial charge is 0.347 e. The van der Waals surface area contributed by atoms with Crippen LogP contribution >= 0.6 is 23.2 Å². The van der Waals surface area contributed by atoms with E-state index in [1.807, 2.05) is 0 Å². The van der Waals surface area contributed by atoms with Crippen molar-refractivity contribution in [3.05, 3.63) is 87.4 Å². The van der Waals surface area contributed by atoms with Gasteiger partial charge in [-0.2, -0.15) is 0 Å². The molecule has 6 nitrogen and oxygen atoms in total. The minimum atomic E-state index is -1.54. The van der Waals surface area contributed by atoms with Gasteiger partial charge in [0.1, 0.15) is 23.9 Å². The van der Waals surface area contributed by atoms with Gasteiger partial charge in [0, 0.05) is 27.2 Å². The third-order valence-electron chi connectivity index (χ3n) is 4.84. The minimum Gasteiger partial charge on any atom is -0.497 e. The van der Waals surface area contributed by atoms with Gasteiger partial charge in [-0.15, -0.1) is 0 Å². The molecular weight excluding hydrogens is 467 g/mol. The number of halogens is 2. The first-order valence-corrected chi connectivity index (χ1v) is 10.7. The molecule has 0 aliphatic heterocycles. The molecule has 0 heterocycles. The molecule has 0 aromatic heterocycles. The minimum absolute atomic E-state index is 0.115. The third kappa shape index (κ3) is 5.97. The summed E-state index contributed by atoms with van der Waals surface area (Å²) in [5.74, 6) is -0.389. The number of carboxylic acid groups (broad SMARTS) is 1. The lowest BCUT2D eigenvalue weighted by Gasteiger charge is -2.23. The number of benzene rings is 3. The Balaban J connectivity index is 1.80. The van der Waals surface area contributed by atoms with Gasteiger partial charge in [-0.1, -0.05) is 29.3 Å². The lowest BCUT2D eigenvalue weighted by atomic mass is 10.0. The van der Waals surface area contributed by atoms with E-state index in [-0.39, 0.29) is 23.7 Å². The van der Waals surface area contributed by atoms with Gasteiger partial charge in [-0.3, -0.25) is 4.79 Å². The quantitative estimate of drug-likeness (QED) is 0.369. The summed E-state index contributed by atoms with van der Waals surface area (Å²) in [6.45, 7) is 3.05. The average molecular weight is 489 g/mol. The van der Waals surface area contributed by atoms with Crippen molar-refractivity contribution in [2.24, 2.45) is 0 Å². The first-order chi connectivity index (χ1) is 15.6. The number of ether oxygens (including phenoxy) is 3. The molecule has 0 aliphatic carbocycles. The molecule has 3 rings (SSSR count). The number of carbonyl (C=O) groups excluding carboxylic acids is 1. The van der Waals surface area contributed by atoms with Crippen LogP contribution in [0.15, 0.2) is 60.7 Å². The van der Waals surface area contributed by atoms with Gasteiger partial charge in [0.25, 0.3) is 0 Å². The van der Waals surface area contributed by atoms with E-state index in [0.29, 0.717) is 27.1 Å². The molecule has 172 valence electrons. The summed E-state index contributed by atoms with van der Waals surface area (Å²) in [6, 6.07) is 16.4. The molecule has 3 aromatic rings. The van der Waals surface area contributed by atoms with E-state index in [2.05, 4.69) is 0 Å². The standard InChI is InChI=1S/C25H22Cl2O6/c1-25(2,24(29)30)33-22-13-19(31-3)10-11-20(22)23(28)15-5-8-18(9-6-15)32-14-16-4-7-17(26)12-21(16)27/h4-13H,14H2,1-3H3,(H,29,30). The van der Waals surface area contributed by atoms with Gasteiger partial charge in [0.2, 0.25) is 0 Å². The molecule has 0 aliphatic rings. The second-order valence-corrected chi connectivity index (χ2v) is 8.50. The van der Waals surface area contributed by atoms with Crippen LogP contribution in [0.2, 0.25) is 10.0 Å². The fraction of sp³-hybridized carbons (Fsp3) is 0.200. The summed E-state index contributed by atoms with van der Waals surface area (Å²) in [6.07, 6.45) is 0. The van der Waals surface area contributed by atoms with Crippen LogP contribution in [0.4, 0.5) is 0 Å². The Morgan fingerprint density at radius 2 is 1.61 bits per heavy atom. The van der Waals surface area contributed by atoms with Crippen molar-refractivity contribution in [2.75, 3.05) is 7.11 Å². The molecule has 0 radical (unpaired) electrons. The van der Waals surface area contributed by atoms with Crippen molar-refractivity contribution in [2.45, 2.75) is 26.1 Å². The molecule has 0 amide bonds. The fourth-order valence-corrected chi connectivity index (χ4v) is 3.34. The maximum atomic E-state index is 13.2. The highest BCUT2D eigenvalue weighted by molar-refractivity contribution is 6.35. The molecule has 1 N–H and O–H groups in total. The van der Waals surface area contributed by atoms with Crippen LogP contribution in [-0.2, 0) is 11.4 Å². The molecular formula is C25H22Cl2O6. The van der Waals surface area contributed by atoms with Crippen molar-refractivity contribution in [1.29, 1.82) is 0 Å². The largest absolute Gasteiger partial charge is 0.497 e. The fourth-order valence-electron chi connectivity index (χ4n) is 2.88. The highest BCUT2D eigenvalue weighted by atomic mass is 35.5. The van der Waals surface area contributed by atoms with Crippen LogP contribution in [0.25, 0.3) is 0 Å². The lowest BCUT2D eigenvalue weighted by molar-refractivity contribution is -0.152. The van der Waals surface area contributed by atoms with Crippen LogP contribution in [0.5, 0.6) is 17.2 Å². The zero-order valence-electron chi connectivity index (χ0n) is 18.2. The van der Waals surface area contributed by atoms with Crippen molar-refractivity contribution in [3.63, 3.8) is 0 Å². The summed E-state index contributed by atoms with van der Waals surface area (Å²) in [5.41, 5.74) is -0.161. The molecule has 8 heteroatoms. The molecule has 33 heavy (non-hydrogen) atoms. The maximum absolute atomic E-state index is 13.2. The highest BCUT2D eigenvalue weighted by Gasteiger charge is 2.31. The van der Waals surface area contributed by atoms with E-state index < -0.39 is 11.6 Å². The average Bonchev–Trinajstić information content (AvgIpc) is 2.78. The van der Waals surface area contributed by atoms with Crippen molar-refractivity contribution in [1.82, 2.24) is 0 Å². The van der Waals surface area contributed by atoms with E-state index in [9.17, 15) is 14.7 Å². The molecule has 0 unspecified atom stereocenters. The normalized spacial score (nSPS) is 11.1. The van der Waals surface area contributed by atoms with Crippen LogP contribution in [0.3, 0.4) is 0 Å². The number of hydrogen-bond acceptors (Lipinski definition) is 5. The molecule has 0 fully saturated rings. The summed E-state index contributed by atoms with van der Waals surface area (Å²) < 4.78 is 16.6. The highest BCUT2D eigenvalue weighted by Crippen LogP contribution is 2.31. The van der Waals surface area contributed by atoms with Gasteiger partial charge < -0.3 is 19.3 Å². The first-order valence-electron chi connectivity index (χ1n) is 9.92. The topological polar surface area (TPSA) is 82.1 Å². The number of rotatable bonds is 9. The number of methoxy groups -OCH3 is 1. The van der Waals surface area contributed by atoms with Crippen LogP contribution < -0.4 is 14.2 Å². The summed E-state index contributed by atoms with van der Waals surface area (Å²) in [5, 5.41) is 10.4. The number of ketones is 1. The Kier molecular flexibility index (Phi) is 7.51. The van der Waals surface area contributed by atoms with E-state index in [0.717, 1.165) is 5.56 Å². The second kappa shape index (κ2) is 10.1. The van der Waals surface area contributed by atoms with Gasteiger partial charge >= 0.3 is 5.97 Å². The predicted molar refractivity (Wildman–Crippen MR) is 126 cm³/mol. The summed E-state index contributed by atoms with van der Waals surface area (Å²) in [4.78, 5) is 24.7. The maximum Gasteiger partial charge on any atom is 0.347 e. The lowest BCUT2D eigenvalue weighted by Crippen LogP contribution is -2.38. The third-order valence-corrected chi connectivity index (χ3v) is 5.43. The zero-order chi connectivity index (χ0) is 24.2. The SMILES string of the molecule is COc1ccc(C(=O)c2ccc(OCc3ccc(Cl)cc3Cl)cc2)c(OC(C)(C)C(=O)O)c1. The first kappa shape index (κ1) is 24.4. The summed E-state index contributed by atoms with van der Waals surface area (Å²) in [7, 11) is 1.47. The van der Waals surface area contributed by atoms with E-state index in [4.69, 9.17) is 37.4 Å². The summed E-state index contributed by atoms with van der Waals surface area (Å²) >= 11 is 12.1. The van der Waals surface area contributed by atoms with Crippen molar-refractivity contribution in [3.8, 4) is 17.2 Å². The molecule has 0 bridgehead atoms. The Bertz CT molecular complexity index is 1170. The molecule has 3 aromatic carbocycles. The van der Waals surface area contributed by atoms with E-state index in [1.165, 1.54) is 27.0 Å². The number of hydrogen-bond donors (Lipinski definition) is 1. The number of carbonyl (C=O) groups is 2. The van der Waals surface area contributed by atoms with Gasteiger partial charge in [-0.05, 0) is 62.4 Å². The molecule has 0 atom stereocenters. The predicted octanol–water partition coefficient (Wildman–Crippen LogP) is 6.05. The van der Waals surface area contributed by atoms with Crippen molar-refractivity contribution < 1.29 is 28.9 Å². The van der Waals surface area contributed by atoms with Gasteiger partial charge in [0.15, 0.2) is 11.4 Å². The second-order valence-electron chi connectivity index (χ2n) is 7.66. The van der Waals surface area contributed by atoms with E-state index in [1.54, 1.807) is 54.6 Å². The zero-order valence-corrected chi connectivity index (χ0v) is 19.7. The number of aliphatic carboxylic acids is 1. The monoisotopic (exact) mass is 488 g/mol. The molecule has 0 saturated heterocycles. The van der Waals surface area contributed by atoms with Crippen LogP contribution in [0, 0.1) is 0 Å². The molecule has 0 spiro atoms. The Morgan fingerprint density at radius 3 is 2.21 bits per heavy atom. The molecule has 0 saturated carbocycles. The Hall–Kier alpha value is -3.22. The van der Waals surface area contributed by atoms with Crippen molar-refractivity contribution >= 4 is 35.0 Å². The van der Waals surface area contributed by atoms with E-state index >= 15 is 0 Å². The van der Waals surface area contributed by atoms with Gasteiger partial charge in [-0.25, -0.2) is 4.79 Å². The van der Waals surface area contributed by atoms with Crippen LogP contribution in [-0.4, -0.2) is 29.6 Å². The number of carboxylic acids is 1. The van der Waals surface area contributed by atoms with Crippen LogP contribution in [0.1, 0.15) is 35.3 Å². The van der Waals surface area contributed by atoms with Gasteiger partial charge in [0.05, 0.1) is 12.7 Å². The Labute approximate surface area is 201 Å². The Morgan fingerprint density at radius 1 is 0.939 bits per heavy atom.